The minimum Gasteiger partial charge on any atom is -0.295 e. The van der Waals surface area contributed by atoms with Crippen molar-refractivity contribution in [3.8, 4) is 0 Å². The van der Waals surface area contributed by atoms with Gasteiger partial charge in [0, 0.05) is 5.41 Å². The van der Waals surface area contributed by atoms with E-state index in [1.54, 1.807) is 0 Å². The minimum absolute atomic E-state index is 0.0170. The summed E-state index contributed by atoms with van der Waals surface area (Å²) in [6.45, 7) is 0. The van der Waals surface area contributed by atoms with Crippen LogP contribution in [-0.4, -0.2) is 19.2 Å². The molecular weight excluding hydrogens is 183 g/mol. The van der Waals surface area contributed by atoms with Gasteiger partial charge in [-0.3, -0.25) is 9.11 Å². The smallest absolute Gasteiger partial charge is 0.155 e. The van der Waals surface area contributed by atoms with E-state index in [4.69, 9.17) is 32.3 Å². The molecule has 0 amide bonds. The monoisotopic (exact) mass is 188 g/mol. The summed E-state index contributed by atoms with van der Waals surface area (Å²) in [7, 11) is -2.60. The normalized spacial score (nSPS) is 32.4. The summed E-state index contributed by atoms with van der Waals surface area (Å²) >= 11 is 11.1. The zero-order valence-electron chi connectivity index (χ0n) is 4.42. The first-order valence-electron chi connectivity index (χ1n) is 2.24. The highest BCUT2D eigenvalue weighted by molar-refractivity contribution is 8.27. The van der Waals surface area contributed by atoms with Gasteiger partial charge in [-0.25, -0.2) is 0 Å². The summed E-state index contributed by atoms with van der Waals surface area (Å²) in [6, 6.07) is 0. The van der Waals surface area contributed by atoms with E-state index in [9.17, 15) is 0 Å². The van der Waals surface area contributed by atoms with E-state index in [0.29, 0.717) is 0 Å². The van der Waals surface area contributed by atoms with Gasteiger partial charge in [0.15, 0.2) is 4.33 Å². The van der Waals surface area contributed by atoms with Crippen molar-refractivity contribution < 1.29 is 9.11 Å². The van der Waals surface area contributed by atoms with Crippen LogP contribution in [0.25, 0.3) is 0 Å². The second kappa shape index (κ2) is 2.04. The molecule has 54 valence electrons. The average molecular weight is 189 g/mol. The molecule has 0 fully saturated rings. The third-order valence-electron chi connectivity index (χ3n) is 0.935. The van der Waals surface area contributed by atoms with Gasteiger partial charge in [0.25, 0.3) is 0 Å². The third-order valence-corrected chi connectivity index (χ3v) is 3.22. The average Bonchev–Trinajstić information content (AvgIpc) is 1.78. The van der Waals surface area contributed by atoms with E-state index in [1.807, 2.05) is 0 Å². The van der Waals surface area contributed by atoms with Crippen LogP contribution in [-0.2, 0) is 0 Å². The Labute approximate surface area is 64.8 Å². The Morgan fingerprint density at radius 3 is 2.11 bits per heavy atom. The van der Waals surface area contributed by atoms with Gasteiger partial charge in [0.1, 0.15) is 0 Å². The molecule has 9 heavy (non-hydrogen) atoms. The Morgan fingerprint density at radius 2 is 2.00 bits per heavy atom. The molecule has 0 aromatic carbocycles. The van der Waals surface area contributed by atoms with Crippen molar-refractivity contribution in [1.29, 1.82) is 0 Å². The second-order valence-corrected chi connectivity index (χ2v) is 5.46. The fourth-order valence-electron chi connectivity index (χ4n) is 0.588. The molecule has 0 saturated carbocycles. The Balaban J connectivity index is 2.71. The maximum Gasteiger partial charge on any atom is 0.155 e. The molecule has 1 aliphatic rings. The lowest BCUT2D eigenvalue weighted by molar-refractivity contribution is 0.501. The molecule has 1 aliphatic heterocycles. The molecule has 0 radical (unpaired) electrons. The lowest BCUT2D eigenvalue weighted by Gasteiger charge is -2.25. The van der Waals surface area contributed by atoms with Crippen molar-refractivity contribution in [1.82, 2.24) is 0 Å². The summed E-state index contributed by atoms with van der Waals surface area (Å²) in [6.07, 6.45) is 1.39. The summed E-state index contributed by atoms with van der Waals surface area (Å²) in [4.78, 5) is 0. The molecule has 0 saturated heterocycles. The predicted molar refractivity (Wildman–Crippen MR) is 41.3 cm³/mol. The van der Waals surface area contributed by atoms with Crippen molar-refractivity contribution in [3.63, 3.8) is 0 Å². The van der Waals surface area contributed by atoms with Crippen LogP contribution in [0.15, 0.2) is 11.5 Å². The zero-order valence-corrected chi connectivity index (χ0v) is 6.75. The van der Waals surface area contributed by atoms with E-state index >= 15 is 0 Å². The maximum absolute atomic E-state index is 8.91. The highest BCUT2D eigenvalue weighted by atomic mass is 35.5. The highest BCUT2D eigenvalue weighted by Crippen LogP contribution is 2.52. The van der Waals surface area contributed by atoms with Crippen molar-refractivity contribution in [3.05, 3.63) is 11.5 Å². The molecule has 0 unspecified atom stereocenters. The number of rotatable bonds is 0. The van der Waals surface area contributed by atoms with Crippen molar-refractivity contribution in [2.24, 2.45) is 0 Å². The molecule has 0 atom stereocenters. The molecule has 0 aromatic rings. The number of alkyl halides is 2. The Hall–Kier alpha value is 0.590. The molecular formula is C4H6Cl2O2S. The van der Waals surface area contributed by atoms with Gasteiger partial charge < -0.3 is 0 Å². The first-order chi connectivity index (χ1) is 3.91. The van der Waals surface area contributed by atoms with Gasteiger partial charge in [-0.1, -0.05) is 23.2 Å². The molecule has 0 aliphatic carbocycles. The van der Waals surface area contributed by atoms with Crippen LogP contribution in [0.1, 0.15) is 0 Å². The van der Waals surface area contributed by atoms with Crippen molar-refractivity contribution in [2.45, 2.75) is 4.33 Å². The highest BCUT2D eigenvalue weighted by Gasteiger charge is 2.33. The number of halogens is 2. The third kappa shape index (κ3) is 2.02. The van der Waals surface area contributed by atoms with Crippen LogP contribution >= 0.6 is 33.8 Å². The number of hydrogen-bond acceptors (Lipinski definition) is 2. The van der Waals surface area contributed by atoms with Crippen LogP contribution in [0, 0.1) is 0 Å². The van der Waals surface area contributed by atoms with E-state index in [2.05, 4.69) is 0 Å². The van der Waals surface area contributed by atoms with E-state index in [-0.39, 0.29) is 5.75 Å². The lowest BCUT2D eigenvalue weighted by atomic mass is 10.5. The summed E-state index contributed by atoms with van der Waals surface area (Å²) < 4.78 is 16.8. The van der Waals surface area contributed by atoms with Crippen LogP contribution in [0.5, 0.6) is 0 Å². The standard InChI is InChI=1S/C4H6Cl2O2S/c5-4(6)1-2-9(7,8)3-4/h1-2,7-8H,3H2. The van der Waals surface area contributed by atoms with Crippen LogP contribution in [0.2, 0.25) is 0 Å². The Bertz CT molecular complexity index is 139. The van der Waals surface area contributed by atoms with Gasteiger partial charge in [0.2, 0.25) is 0 Å². The van der Waals surface area contributed by atoms with Crippen LogP contribution in [0.4, 0.5) is 0 Å². The van der Waals surface area contributed by atoms with Gasteiger partial charge in [-0.2, -0.15) is 10.6 Å². The molecule has 1 heterocycles. The molecule has 2 nitrogen and oxygen atoms in total. The zero-order chi connectivity index (χ0) is 7.12. The van der Waals surface area contributed by atoms with Crippen LogP contribution < -0.4 is 0 Å². The van der Waals surface area contributed by atoms with Crippen molar-refractivity contribution >= 4 is 33.8 Å². The fraction of sp³-hybridized carbons (Fsp3) is 0.500. The SMILES string of the molecule is OS1(O)C=CC(Cl)(Cl)C1. The first kappa shape index (κ1) is 7.69. The van der Waals surface area contributed by atoms with E-state index in [0.717, 1.165) is 0 Å². The number of hydrogen-bond donors (Lipinski definition) is 2. The van der Waals surface area contributed by atoms with Gasteiger partial charge in [0.05, 0.1) is 5.75 Å². The van der Waals surface area contributed by atoms with E-state index < -0.39 is 14.9 Å². The van der Waals surface area contributed by atoms with Crippen LogP contribution in [0.3, 0.4) is 0 Å². The topological polar surface area (TPSA) is 40.5 Å². The fourth-order valence-corrected chi connectivity index (χ4v) is 3.04. The Morgan fingerprint density at radius 1 is 1.44 bits per heavy atom. The van der Waals surface area contributed by atoms with E-state index in [1.165, 1.54) is 11.5 Å². The second-order valence-electron chi connectivity index (χ2n) is 1.93. The molecule has 5 heteroatoms. The molecule has 0 spiro atoms. The quantitative estimate of drug-likeness (QED) is 0.574. The molecule has 0 aromatic heterocycles. The predicted octanol–water partition coefficient (Wildman–Crippen LogP) is 2.44. The molecule has 1 rings (SSSR count). The summed E-state index contributed by atoms with van der Waals surface area (Å²) in [5.74, 6) is 0.0170. The summed E-state index contributed by atoms with van der Waals surface area (Å²) in [5.41, 5.74) is 0. The molecule has 2 N–H and O–H groups in total. The number of allylic oxidation sites excluding steroid dienone is 1. The van der Waals surface area contributed by atoms with Gasteiger partial charge in [-0.15, -0.1) is 0 Å². The van der Waals surface area contributed by atoms with Crippen molar-refractivity contribution in [2.75, 3.05) is 5.75 Å². The van der Waals surface area contributed by atoms with Gasteiger partial charge >= 0.3 is 0 Å². The maximum atomic E-state index is 8.91. The molecule has 0 bridgehead atoms. The Kier molecular flexibility index (Phi) is 1.74. The van der Waals surface area contributed by atoms with Gasteiger partial charge in [-0.05, 0) is 6.08 Å². The summed E-state index contributed by atoms with van der Waals surface area (Å²) in [5, 5.41) is 1.26. The minimum atomic E-state index is -2.60. The lowest BCUT2D eigenvalue weighted by Crippen LogP contribution is -2.12. The largest absolute Gasteiger partial charge is 0.295 e. The first-order valence-corrected chi connectivity index (χ1v) is 4.78.